The number of hydrogen-bond acceptors (Lipinski definition) is 1. The molecular formula is C13H19F4N. The van der Waals surface area contributed by atoms with E-state index in [9.17, 15) is 17.6 Å². The number of allylic oxidation sites excluding steroid dienone is 2. The Kier molecular flexibility index (Phi) is 5.38. The van der Waals surface area contributed by atoms with Crippen molar-refractivity contribution in [3.63, 3.8) is 0 Å². The van der Waals surface area contributed by atoms with Crippen LogP contribution in [0.15, 0.2) is 24.3 Å². The third-order valence-electron chi connectivity index (χ3n) is 2.99. The molecule has 5 heteroatoms. The predicted octanol–water partition coefficient (Wildman–Crippen LogP) is 4.57. The molecule has 104 valence electrons. The van der Waals surface area contributed by atoms with E-state index in [4.69, 9.17) is 0 Å². The second-order valence-electron chi connectivity index (χ2n) is 4.49. The van der Waals surface area contributed by atoms with Crippen molar-refractivity contribution in [2.24, 2.45) is 0 Å². The van der Waals surface area contributed by atoms with Gasteiger partial charge in [-0.2, -0.15) is 18.1 Å². The molecule has 18 heavy (non-hydrogen) atoms. The van der Waals surface area contributed by atoms with E-state index in [1.54, 1.807) is 6.08 Å². The summed E-state index contributed by atoms with van der Waals surface area (Å²) in [6, 6.07) is 0. The van der Waals surface area contributed by atoms with E-state index >= 15 is 0 Å². The highest BCUT2D eigenvalue weighted by Crippen LogP contribution is 2.36. The lowest BCUT2D eigenvalue weighted by Gasteiger charge is -2.36. The van der Waals surface area contributed by atoms with Crippen LogP contribution in [0.1, 0.15) is 39.0 Å². The number of halogens is 4. The molecule has 0 N–H and O–H groups in total. The number of nitrogens with zero attached hydrogens (tertiary/aromatic N) is 1. The SMILES string of the molecule is CCCCCCN(C(F)(F)F)C1(F)C=CC=CC1. The normalized spacial score (nSPS) is 23.9. The molecule has 0 heterocycles. The molecule has 1 unspecified atom stereocenters. The van der Waals surface area contributed by atoms with E-state index < -0.39 is 12.1 Å². The molecule has 0 amide bonds. The van der Waals surface area contributed by atoms with Crippen LogP contribution in [0.2, 0.25) is 0 Å². The fraction of sp³-hybridized carbons (Fsp3) is 0.692. The van der Waals surface area contributed by atoms with Gasteiger partial charge in [-0.1, -0.05) is 44.4 Å². The minimum absolute atomic E-state index is 0.00958. The third kappa shape index (κ3) is 4.12. The predicted molar refractivity (Wildman–Crippen MR) is 63.6 cm³/mol. The van der Waals surface area contributed by atoms with Crippen molar-refractivity contribution in [1.29, 1.82) is 0 Å². The molecule has 0 saturated carbocycles. The van der Waals surface area contributed by atoms with Crippen LogP contribution < -0.4 is 0 Å². The van der Waals surface area contributed by atoms with Crippen molar-refractivity contribution in [3.8, 4) is 0 Å². The molecule has 1 aliphatic carbocycles. The molecule has 0 radical (unpaired) electrons. The maximum atomic E-state index is 14.3. The molecule has 0 bridgehead atoms. The lowest BCUT2D eigenvalue weighted by Crippen LogP contribution is -2.52. The number of rotatable bonds is 6. The largest absolute Gasteiger partial charge is 0.462 e. The lowest BCUT2D eigenvalue weighted by molar-refractivity contribution is -0.289. The van der Waals surface area contributed by atoms with E-state index in [-0.39, 0.29) is 17.9 Å². The highest BCUT2D eigenvalue weighted by atomic mass is 19.4. The summed E-state index contributed by atoms with van der Waals surface area (Å²) in [5.74, 6) is -2.43. The average molecular weight is 265 g/mol. The second kappa shape index (κ2) is 6.36. The zero-order chi connectivity index (χ0) is 13.6. The molecule has 0 saturated heterocycles. The molecule has 0 aliphatic heterocycles. The fourth-order valence-corrected chi connectivity index (χ4v) is 2.00. The van der Waals surface area contributed by atoms with E-state index in [0.29, 0.717) is 12.8 Å². The Morgan fingerprint density at radius 3 is 2.39 bits per heavy atom. The van der Waals surface area contributed by atoms with Crippen molar-refractivity contribution < 1.29 is 17.6 Å². The average Bonchev–Trinajstić information content (AvgIpc) is 2.27. The monoisotopic (exact) mass is 265 g/mol. The summed E-state index contributed by atoms with van der Waals surface area (Å²) in [5, 5.41) is 0. The summed E-state index contributed by atoms with van der Waals surface area (Å²) >= 11 is 0. The van der Waals surface area contributed by atoms with Crippen LogP contribution >= 0.6 is 0 Å². The zero-order valence-corrected chi connectivity index (χ0v) is 10.5. The van der Waals surface area contributed by atoms with Gasteiger partial charge in [0.2, 0.25) is 0 Å². The Balaban J connectivity index is 2.67. The fourth-order valence-electron chi connectivity index (χ4n) is 2.00. The topological polar surface area (TPSA) is 3.24 Å². The van der Waals surface area contributed by atoms with Crippen molar-refractivity contribution in [1.82, 2.24) is 4.90 Å². The van der Waals surface area contributed by atoms with Crippen molar-refractivity contribution in [2.45, 2.75) is 51.1 Å². The van der Waals surface area contributed by atoms with Crippen LogP contribution in [0.5, 0.6) is 0 Å². The van der Waals surface area contributed by atoms with Crippen LogP contribution in [0, 0.1) is 0 Å². The van der Waals surface area contributed by atoms with Gasteiger partial charge in [0, 0.05) is 13.0 Å². The van der Waals surface area contributed by atoms with Gasteiger partial charge in [0.05, 0.1) is 0 Å². The smallest absolute Gasteiger partial charge is 0.221 e. The van der Waals surface area contributed by atoms with E-state index in [1.165, 1.54) is 12.2 Å². The standard InChI is InChI=1S/C13H19F4N/c1-2-3-4-8-11-18(13(15,16)17)12(14)9-6-5-7-10-12/h5-7,9H,2-4,8,10-11H2,1H3. The summed E-state index contributed by atoms with van der Waals surface area (Å²) in [7, 11) is 0. The van der Waals surface area contributed by atoms with Crippen molar-refractivity contribution >= 4 is 0 Å². The van der Waals surface area contributed by atoms with Gasteiger partial charge in [-0.05, 0) is 12.5 Å². The Morgan fingerprint density at radius 2 is 1.89 bits per heavy atom. The minimum Gasteiger partial charge on any atom is -0.221 e. The molecule has 1 rings (SSSR count). The van der Waals surface area contributed by atoms with Crippen LogP contribution in [-0.4, -0.2) is 23.5 Å². The first-order chi connectivity index (χ1) is 8.40. The van der Waals surface area contributed by atoms with Crippen molar-refractivity contribution in [2.75, 3.05) is 6.54 Å². The first-order valence-corrected chi connectivity index (χ1v) is 6.28. The Bertz CT molecular complexity index is 309. The summed E-state index contributed by atoms with van der Waals surface area (Å²) in [5.41, 5.74) is 0. The molecule has 0 spiro atoms. The van der Waals surface area contributed by atoms with Crippen molar-refractivity contribution in [3.05, 3.63) is 24.3 Å². The highest BCUT2D eigenvalue weighted by molar-refractivity contribution is 5.17. The van der Waals surface area contributed by atoms with Gasteiger partial charge >= 0.3 is 6.30 Å². The molecule has 1 atom stereocenters. The van der Waals surface area contributed by atoms with Crippen LogP contribution in [0.4, 0.5) is 17.6 Å². The van der Waals surface area contributed by atoms with Crippen LogP contribution in [0.25, 0.3) is 0 Å². The number of hydrogen-bond donors (Lipinski definition) is 0. The quantitative estimate of drug-likeness (QED) is 0.386. The number of alkyl halides is 4. The van der Waals surface area contributed by atoms with Gasteiger partial charge in [0.1, 0.15) is 0 Å². The molecule has 0 aromatic heterocycles. The van der Waals surface area contributed by atoms with Gasteiger partial charge in [0.25, 0.3) is 0 Å². The van der Waals surface area contributed by atoms with Gasteiger partial charge in [0.15, 0.2) is 5.79 Å². The summed E-state index contributed by atoms with van der Waals surface area (Å²) in [6.45, 7) is 1.69. The number of unbranched alkanes of at least 4 members (excludes halogenated alkanes) is 3. The zero-order valence-electron chi connectivity index (χ0n) is 10.5. The molecule has 1 nitrogen and oxygen atoms in total. The lowest BCUT2D eigenvalue weighted by atomic mass is 10.0. The highest BCUT2D eigenvalue weighted by Gasteiger charge is 2.49. The molecule has 1 aliphatic rings. The first-order valence-electron chi connectivity index (χ1n) is 6.28. The van der Waals surface area contributed by atoms with Gasteiger partial charge < -0.3 is 0 Å². The maximum absolute atomic E-state index is 14.3. The molecule has 0 aromatic carbocycles. The maximum Gasteiger partial charge on any atom is 0.462 e. The molecule has 0 fully saturated rings. The second-order valence-corrected chi connectivity index (χ2v) is 4.49. The minimum atomic E-state index is -4.64. The van der Waals surface area contributed by atoms with Gasteiger partial charge in [-0.3, -0.25) is 0 Å². The first kappa shape index (κ1) is 15.2. The van der Waals surface area contributed by atoms with E-state index in [0.717, 1.165) is 18.9 Å². The Labute approximate surface area is 105 Å². The summed E-state index contributed by atoms with van der Waals surface area (Å²) < 4.78 is 53.0. The van der Waals surface area contributed by atoms with E-state index in [2.05, 4.69) is 0 Å². The molecular weight excluding hydrogens is 246 g/mol. The van der Waals surface area contributed by atoms with Gasteiger partial charge in [-0.15, -0.1) is 0 Å². The Morgan fingerprint density at radius 1 is 1.17 bits per heavy atom. The summed E-state index contributed by atoms with van der Waals surface area (Å²) in [4.78, 5) is 0.00958. The third-order valence-corrected chi connectivity index (χ3v) is 2.99. The van der Waals surface area contributed by atoms with Crippen LogP contribution in [-0.2, 0) is 0 Å². The summed E-state index contributed by atoms with van der Waals surface area (Å²) in [6.07, 6.45) is 3.27. The van der Waals surface area contributed by atoms with Gasteiger partial charge in [-0.25, -0.2) is 4.39 Å². The van der Waals surface area contributed by atoms with Crippen LogP contribution in [0.3, 0.4) is 0 Å². The molecule has 0 aromatic rings. The Hall–Kier alpha value is -0.840. The van der Waals surface area contributed by atoms with E-state index in [1.807, 2.05) is 6.92 Å².